The Labute approximate surface area is 168 Å². The summed E-state index contributed by atoms with van der Waals surface area (Å²) in [5.74, 6) is -2.19. The highest BCUT2D eigenvalue weighted by Gasteiger charge is 2.36. The summed E-state index contributed by atoms with van der Waals surface area (Å²) in [6.45, 7) is -0.585. The zero-order valence-corrected chi connectivity index (χ0v) is 16.1. The van der Waals surface area contributed by atoms with Gasteiger partial charge < -0.3 is 9.30 Å². The van der Waals surface area contributed by atoms with Gasteiger partial charge in [-0.25, -0.2) is 0 Å². The summed E-state index contributed by atoms with van der Waals surface area (Å²) in [5, 5.41) is 0. The number of carbonyl (C=O) groups excluding carboxylic acids is 4. The molecule has 146 valence electrons. The van der Waals surface area contributed by atoms with Crippen LogP contribution in [0.1, 0.15) is 20.7 Å². The molecule has 0 bridgehead atoms. The fraction of sp³-hybridized carbons (Fsp3) is 0.150. The van der Waals surface area contributed by atoms with Crippen LogP contribution in [0.2, 0.25) is 0 Å². The van der Waals surface area contributed by atoms with Gasteiger partial charge in [0.15, 0.2) is 4.80 Å². The number of hydrogen-bond donors (Lipinski definition) is 0. The highest BCUT2D eigenvalue weighted by atomic mass is 32.1. The fourth-order valence-electron chi connectivity index (χ4n) is 3.11. The van der Waals surface area contributed by atoms with E-state index in [1.807, 2.05) is 24.3 Å². The Morgan fingerprint density at radius 3 is 2.24 bits per heavy atom. The molecular formula is C20H15N3O5S. The quantitative estimate of drug-likeness (QED) is 0.482. The van der Waals surface area contributed by atoms with Crippen molar-refractivity contribution in [3.63, 3.8) is 0 Å². The van der Waals surface area contributed by atoms with Crippen LogP contribution in [-0.2, 0) is 20.9 Å². The van der Waals surface area contributed by atoms with E-state index in [-0.39, 0.29) is 17.7 Å². The van der Waals surface area contributed by atoms with Crippen LogP contribution in [0.15, 0.2) is 53.5 Å². The highest BCUT2D eigenvalue weighted by Crippen LogP contribution is 2.22. The van der Waals surface area contributed by atoms with Gasteiger partial charge in [0.25, 0.3) is 17.7 Å². The predicted molar refractivity (Wildman–Crippen MR) is 104 cm³/mol. The molecular weight excluding hydrogens is 394 g/mol. The third-order valence-electron chi connectivity index (χ3n) is 4.49. The molecule has 1 aliphatic rings. The number of carbonyl (C=O) groups is 4. The van der Waals surface area contributed by atoms with E-state index in [1.165, 1.54) is 18.4 Å². The lowest BCUT2D eigenvalue weighted by Gasteiger charge is -2.10. The summed E-state index contributed by atoms with van der Waals surface area (Å²) in [6.07, 6.45) is 0. The van der Waals surface area contributed by atoms with Crippen LogP contribution in [0.5, 0.6) is 0 Å². The van der Waals surface area contributed by atoms with Crippen LogP contribution < -0.4 is 4.80 Å². The number of esters is 1. The number of ether oxygens (including phenoxy) is 1. The first-order valence-corrected chi connectivity index (χ1v) is 9.49. The van der Waals surface area contributed by atoms with E-state index in [0.717, 1.165) is 15.1 Å². The maximum absolute atomic E-state index is 12.6. The minimum atomic E-state index is -0.662. The minimum Gasteiger partial charge on any atom is -0.468 e. The Morgan fingerprint density at radius 1 is 0.966 bits per heavy atom. The predicted octanol–water partition coefficient (Wildman–Crippen LogP) is 1.60. The number of hydrogen-bond acceptors (Lipinski definition) is 6. The van der Waals surface area contributed by atoms with E-state index in [2.05, 4.69) is 4.99 Å². The summed E-state index contributed by atoms with van der Waals surface area (Å²) >= 11 is 1.23. The van der Waals surface area contributed by atoms with Crippen LogP contribution in [0.25, 0.3) is 10.2 Å². The lowest BCUT2D eigenvalue weighted by molar-refractivity contribution is -0.141. The molecule has 0 fully saturated rings. The smallest absolute Gasteiger partial charge is 0.325 e. The SMILES string of the molecule is COC(=O)Cn1c(=NC(=O)CN2C(=O)c3ccccc3C2=O)sc2ccccc21. The number of rotatable bonds is 4. The van der Waals surface area contributed by atoms with Crippen LogP contribution in [0, 0.1) is 0 Å². The minimum absolute atomic E-state index is 0.111. The summed E-state index contributed by atoms with van der Waals surface area (Å²) in [6, 6.07) is 13.7. The van der Waals surface area contributed by atoms with E-state index >= 15 is 0 Å². The molecule has 0 unspecified atom stereocenters. The molecule has 3 aromatic rings. The standard InChI is InChI=1S/C20H15N3O5S/c1-28-17(25)11-22-14-8-4-5-9-15(14)29-20(22)21-16(24)10-23-18(26)12-6-2-3-7-13(12)19(23)27/h2-9H,10-11H2,1H3. The second-order valence-corrected chi connectivity index (χ2v) is 7.27. The number of para-hydroxylation sites is 1. The summed E-state index contributed by atoms with van der Waals surface area (Å²) in [5.41, 5.74) is 1.27. The zero-order valence-electron chi connectivity index (χ0n) is 15.3. The molecule has 0 saturated heterocycles. The van der Waals surface area contributed by atoms with E-state index in [1.54, 1.807) is 28.8 Å². The number of nitrogens with zero attached hydrogens (tertiary/aromatic N) is 3. The van der Waals surface area contributed by atoms with Crippen molar-refractivity contribution < 1.29 is 23.9 Å². The molecule has 1 aliphatic heterocycles. The van der Waals surface area contributed by atoms with E-state index in [9.17, 15) is 19.2 Å². The van der Waals surface area contributed by atoms with Crippen molar-refractivity contribution >= 4 is 45.2 Å². The number of thiazole rings is 1. The van der Waals surface area contributed by atoms with E-state index in [4.69, 9.17) is 4.74 Å². The van der Waals surface area contributed by atoms with Crippen molar-refractivity contribution in [2.75, 3.05) is 13.7 Å². The Balaban J connectivity index is 1.67. The summed E-state index contributed by atoms with van der Waals surface area (Å²) in [4.78, 5) is 54.5. The number of amides is 3. The van der Waals surface area contributed by atoms with Gasteiger partial charge in [-0.15, -0.1) is 0 Å². The third kappa shape index (κ3) is 3.36. The van der Waals surface area contributed by atoms with Crippen molar-refractivity contribution in [2.45, 2.75) is 6.54 Å². The van der Waals surface area contributed by atoms with Gasteiger partial charge in [0.05, 0.1) is 28.5 Å². The molecule has 29 heavy (non-hydrogen) atoms. The number of methoxy groups -OCH3 is 1. The Bertz CT molecular complexity index is 1210. The van der Waals surface area contributed by atoms with Gasteiger partial charge in [0.2, 0.25) is 0 Å². The topological polar surface area (TPSA) is 98.0 Å². The second-order valence-electron chi connectivity index (χ2n) is 6.26. The first-order valence-electron chi connectivity index (χ1n) is 8.67. The summed E-state index contributed by atoms with van der Waals surface area (Å²) in [7, 11) is 1.28. The van der Waals surface area contributed by atoms with Crippen molar-refractivity contribution in [1.82, 2.24) is 9.47 Å². The molecule has 2 heterocycles. The second kappa shape index (κ2) is 7.44. The molecule has 0 N–H and O–H groups in total. The Morgan fingerprint density at radius 2 is 1.59 bits per heavy atom. The number of imide groups is 1. The zero-order chi connectivity index (χ0) is 20.5. The molecule has 2 aromatic carbocycles. The molecule has 8 nitrogen and oxygen atoms in total. The lowest BCUT2D eigenvalue weighted by Crippen LogP contribution is -2.35. The van der Waals surface area contributed by atoms with Gasteiger partial charge in [-0.3, -0.25) is 24.1 Å². The average Bonchev–Trinajstić information content (AvgIpc) is 3.18. The van der Waals surface area contributed by atoms with Crippen LogP contribution >= 0.6 is 11.3 Å². The molecule has 0 radical (unpaired) electrons. The highest BCUT2D eigenvalue weighted by molar-refractivity contribution is 7.16. The Kier molecular flexibility index (Phi) is 4.81. The van der Waals surface area contributed by atoms with Crippen molar-refractivity contribution in [3.05, 3.63) is 64.5 Å². The number of aromatic nitrogens is 1. The van der Waals surface area contributed by atoms with Crippen LogP contribution in [-0.4, -0.2) is 46.8 Å². The van der Waals surface area contributed by atoms with Crippen molar-refractivity contribution in [2.24, 2.45) is 4.99 Å². The number of benzene rings is 2. The monoisotopic (exact) mass is 409 g/mol. The normalized spacial score (nSPS) is 13.8. The van der Waals surface area contributed by atoms with Crippen molar-refractivity contribution in [1.29, 1.82) is 0 Å². The molecule has 0 aliphatic carbocycles. The first-order chi connectivity index (χ1) is 14.0. The molecule has 3 amide bonds. The first kappa shape index (κ1) is 18.8. The van der Waals surface area contributed by atoms with Gasteiger partial charge in [-0.1, -0.05) is 35.6 Å². The van der Waals surface area contributed by atoms with Gasteiger partial charge in [-0.05, 0) is 24.3 Å². The Hall–Kier alpha value is -3.59. The molecule has 0 saturated carbocycles. The lowest BCUT2D eigenvalue weighted by atomic mass is 10.1. The van der Waals surface area contributed by atoms with Gasteiger partial charge in [0, 0.05) is 0 Å². The van der Waals surface area contributed by atoms with E-state index in [0.29, 0.717) is 4.80 Å². The van der Waals surface area contributed by atoms with Gasteiger partial charge in [-0.2, -0.15) is 4.99 Å². The van der Waals surface area contributed by atoms with E-state index < -0.39 is 30.2 Å². The van der Waals surface area contributed by atoms with Crippen molar-refractivity contribution in [3.8, 4) is 0 Å². The summed E-state index contributed by atoms with van der Waals surface area (Å²) < 4.78 is 7.14. The molecule has 1 aromatic heterocycles. The van der Waals surface area contributed by atoms with Gasteiger partial charge in [0.1, 0.15) is 13.1 Å². The van der Waals surface area contributed by atoms with Gasteiger partial charge >= 0.3 is 5.97 Å². The maximum Gasteiger partial charge on any atom is 0.325 e. The van der Waals surface area contributed by atoms with Crippen LogP contribution in [0.3, 0.4) is 0 Å². The maximum atomic E-state index is 12.6. The average molecular weight is 409 g/mol. The van der Waals surface area contributed by atoms with Crippen LogP contribution in [0.4, 0.5) is 0 Å². The molecule has 9 heteroatoms. The largest absolute Gasteiger partial charge is 0.468 e. The fourth-order valence-corrected chi connectivity index (χ4v) is 4.16. The number of fused-ring (bicyclic) bond motifs is 2. The molecule has 4 rings (SSSR count). The molecule has 0 spiro atoms. The third-order valence-corrected chi connectivity index (χ3v) is 5.55. The molecule has 0 atom stereocenters.